The number of carbonyl (C=O) groups is 3. The Kier molecular flexibility index (Phi) is 5.26. The summed E-state index contributed by atoms with van der Waals surface area (Å²) in [4.78, 5) is 38.9. The van der Waals surface area contributed by atoms with Gasteiger partial charge in [-0.2, -0.15) is 0 Å². The van der Waals surface area contributed by atoms with E-state index in [0.29, 0.717) is 5.56 Å². The SMILES string of the molecule is CCc1cccc(C)c1NC(=O)C(C)N1C(=O)NC(c2ccccc2)C1=O. The number of aryl methyl sites for hydroxylation is 2. The largest absolute Gasteiger partial charge is 0.325 e. The summed E-state index contributed by atoms with van der Waals surface area (Å²) in [6.45, 7) is 5.48. The van der Waals surface area contributed by atoms with Crippen LogP contribution in [-0.2, 0) is 16.0 Å². The zero-order chi connectivity index (χ0) is 19.6. The van der Waals surface area contributed by atoms with Crippen molar-refractivity contribution in [2.24, 2.45) is 0 Å². The minimum Gasteiger partial charge on any atom is -0.324 e. The maximum absolute atomic E-state index is 12.8. The van der Waals surface area contributed by atoms with Crippen LogP contribution >= 0.6 is 0 Å². The third kappa shape index (κ3) is 3.56. The van der Waals surface area contributed by atoms with Gasteiger partial charge in [0, 0.05) is 5.69 Å². The number of para-hydroxylation sites is 1. The Morgan fingerprint density at radius 1 is 1.15 bits per heavy atom. The van der Waals surface area contributed by atoms with Crippen LogP contribution in [0.25, 0.3) is 0 Å². The first kappa shape index (κ1) is 18.6. The minimum atomic E-state index is -0.921. The van der Waals surface area contributed by atoms with Crippen molar-refractivity contribution < 1.29 is 14.4 Å². The van der Waals surface area contributed by atoms with Gasteiger partial charge in [-0.25, -0.2) is 9.69 Å². The van der Waals surface area contributed by atoms with E-state index in [2.05, 4.69) is 10.6 Å². The number of rotatable bonds is 5. The van der Waals surface area contributed by atoms with E-state index in [9.17, 15) is 14.4 Å². The second kappa shape index (κ2) is 7.61. The van der Waals surface area contributed by atoms with Crippen LogP contribution in [0.1, 0.15) is 36.6 Å². The fraction of sp³-hybridized carbons (Fsp3) is 0.286. The number of nitrogens with zero attached hydrogens (tertiary/aromatic N) is 1. The molecule has 140 valence electrons. The lowest BCUT2D eigenvalue weighted by molar-refractivity contribution is -0.133. The van der Waals surface area contributed by atoms with Crippen LogP contribution in [0.4, 0.5) is 10.5 Å². The molecule has 1 heterocycles. The Morgan fingerprint density at radius 3 is 2.52 bits per heavy atom. The van der Waals surface area contributed by atoms with E-state index in [-0.39, 0.29) is 0 Å². The summed E-state index contributed by atoms with van der Waals surface area (Å²) in [7, 11) is 0. The second-order valence-electron chi connectivity index (χ2n) is 6.63. The Morgan fingerprint density at radius 2 is 1.85 bits per heavy atom. The molecule has 1 fully saturated rings. The van der Waals surface area contributed by atoms with Gasteiger partial charge in [-0.3, -0.25) is 9.59 Å². The number of urea groups is 1. The molecule has 0 aromatic heterocycles. The predicted molar refractivity (Wildman–Crippen MR) is 103 cm³/mol. The molecule has 3 rings (SSSR count). The maximum Gasteiger partial charge on any atom is 0.325 e. The van der Waals surface area contributed by atoms with Crippen LogP contribution in [0.2, 0.25) is 0 Å². The topological polar surface area (TPSA) is 78.5 Å². The molecule has 27 heavy (non-hydrogen) atoms. The van der Waals surface area contributed by atoms with Gasteiger partial charge in [0.15, 0.2) is 0 Å². The summed E-state index contributed by atoms with van der Waals surface area (Å²) < 4.78 is 0. The Labute approximate surface area is 158 Å². The van der Waals surface area contributed by atoms with Crippen LogP contribution in [-0.4, -0.2) is 28.8 Å². The van der Waals surface area contributed by atoms with E-state index < -0.39 is 29.9 Å². The van der Waals surface area contributed by atoms with Gasteiger partial charge in [0.1, 0.15) is 12.1 Å². The van der Waals surface area contributed by atoms with Gasteiger partial charge in [-0.05, 0) is 37.0 Å². The maximum atomic E-state index is 12.8. The molecule has 0 radical (unpaired) electrons. The summed E-state index contributed by atoms with van der Waals surface area (Å²) in [5.41, 5.74) is 3.38. The number of benzene rings is 2. The van der Waals surface area contributed by atoms with E-state index in [1.54, 1.807) is 31.2 Å². The molecule has 2 unspecified atom stereocenters. The molecular formula is C21H23N3O3. The lowest BCUT2D eigenvalue weighted by Crippen LogP contribution is -2.46. The van der Waals surface area contributed by atoms with Crippen LogP contribution in [0, 0.1) is 6.92 Å². The van der Waals surface area contributed by atoms with Crippen LogP contribution in [0.5, 0.6) is 0 Å². The minimum absolute atomic E-state index is 0.392. The van der Waals surface area contributed by atoms with Gasteiger partial charge in [-0.1, -0.05) is 55.5 Å². The molecule has 1 aliphatic heterocycles. The van der Waals surface area contributed by atoms with Crippen molar-refractivity contribution in [3.63, 3.8) is 0 Å². The van der Waals surface area contributed by atoms with E-state index in [0.717, 1.165) is 28.1 Å². The highest BCUT2D eigenvalue weighted by molar-refractivity contribution is 6.09. The number of hydrogen-bond donors (Lipinski definition) is 2. The third-order valence-corrected chi connectivity index (χ3v) is 4.86. The summed E-state index contributed by atoms with van der Waals surface area (Å²) >= 11 is 0. The molecule has 1 saturated heterocycles. The molecule has 2 atom stereocenters. The lowest BCUT2D eigenvalue weighted by atomic mass is 10.1. The quantitative estimate of drug-likeness (QED) is 0.799. The van der Waals surface area contributed by atoms with Crippen molar-refractivity contribution in [1.29, 1.82) is 0 Å². The molecule has 6 nitrogen and oxygen atoms in total. The Bertz CT molecular complexity index is 879. The zero-order valence-electron chi connectivity index (χ0n) is 15.7. The van der Waals surface area contributed by atoms with E-state index in [1.165, 1.54) is 0 Å². The van der Waals surface area contributed by atoms with Crippen LogP contribution in [0.15, 0.2) is 48.5 Å². The highest BCUT2D eigenvalue weighted by Crippen LogP contribution is 2.25. The molecule has 4 amide bonds. The summed E-state index contributed by atoms with van der Waals surface area (Å²) in [5, 5.41) is 5.55. The molecule has 0 aliphatic carbocycles. The molecule has 0 spiro atoms. The van der Waals surface area contributed by atoms with Crippen LogP contribution in [0.3, 0.4) is 0 Å². The molecular weight excluding hydrogens is 342 g/mol. The van der Waals surface area contributed by atoms with Gasteiger partial charge in [0.05, 0.1) is 0 Å². The van der Waals surface area contributed by atoms with Gasteiger partial charge in [0.25, 0.3) is 5.91 Å². The average Bonchev–Trinajstić information content (AvgIpc) is 2.97. The predicted octanol–water partition coefficient (Wildman–Crippen LogP) is 3.18. The van der Waals surface area contributed by atoms with Gasteiger partial charge in [-0.15, -0.1) is 0 Å². The summed E-state index contributed by atoms with van der Waals surface area (Å²) in [6, 6.07) is 12.6. The standard InChI is InChI=1S/C21H23N3O3/c1-4-15-12-8-9-13(2)17(15)22-19(25)14(3)24-20(26)18(23-21(24)27)16-10-6-5-7-11-16/h5-12,14,18H,4H2,1-3H3,(H,22,25)(H,23,27). The van der Waals surface area contributed by atoms with E-state index >= 15 is 0 Å². The smallest absolute Gasteiger partial charge is 0.324 e. The average molecular weight is 365 g/mol. The van der Waals surface area contributed by atoms with Crippen molar-refractivity contribution in [2.45, 2.75) is 39.3 Å². The van der Waals surface area contributed by atoms with Gasteiger partial charge >= 0.3 is 6.03 Å². The van der Waals surface area contributed by atoms with Crippen molar-refractivity contribution in [2.75, 3.05) is 5.32 Å². The van der Waals surface area contributed by atoms with Crippen molar-refractivity contribution in [1.82, 2.24) is 10.2 Å². The molecule has 0 saturated carbocycles. The highest BCUT2D eigenvalue weighted by Gasteiger charge is 2.43. The lowest BCUT2D eigenvalue weighted by Gasteiger charge is -2.22. The number of nitrogens with one attached hydrogen (secondary N) is 2. The number of amides is 4. The highest BCUT2D eigenvalue weighted by atomic mass is 16.2. The summed E-state index contributed by atoms with van der Waals surface area (Å²) in [6.07, 6.45) is 0.769. The number of anilines is 1. The van der Waals surface area contributed by atoms with Gasteiger partial charge in [0.2, 0.25) is 5.91 Å². The van der Waals surface area contributed by atoms with E-state index in [4.69, 9.17) is 0 Å². The normalized spacial score (nSPS) is 17.6. The van der Waals surface area contributed by atoms with E-state index in [1.807, 2.05) is 38.1 Å². The number of hydrogen-bond acceptors (Lipinski definition) is 3. The molecule has 2 aromatic rings. The first-order valence-electron chi connectivity index (χ1n) is 9.02. The zero-order valence-corrected chi connectivity index (χ0v) is 15.7. The molecule has 2 N–H and O–H groups in total. The monoisotopic (exact) mass is 365 g/mol. The first-order chi connectivity index (χ1) is 12.9. The molecule has 2 aromatic carbocycles. The fourth-order valence-electron chi connectivity index (χ4n) is 3.28. The van der Waals surface area contributed by atoms with Crippen molar-refractivity contribution >= 4 is 23.5 Å². The van der Waals surface area contributed by atoms with Crippen molar-refractivity contribution in [3.8, 4) is 0 Å². The van der Waals surface area contributed by atoms with Crippen LogP contribution < -0.4 is 10.6 Å². The Hall–Kier alpha value is -3.15. The number of carbonyl (C=O) groups excluding carboxylic acids is 3. The Balaban J connectivity index is 1.79. The summed E-state index contributed by atoms with van der Waals surface area (Å²) in [5.74, 6) is -0.814. The molecule has 6 heteroatoms. The second-order valence-corrected chi connectivity index (χ2v) is 6.63. The molecule has 0 bridgehead atoms. The third-order valence-electron chi connectivity index (χ3n) is 4.86. The van der Waals surface area contributed by atoms with Gasteiger partial charge < -0.3 is 10.6 Å². The molecule has 1 aliphatic rings. The fourth-order valence-corrected chi connectivity index (χ4v) is 3.28. The number of imide groups is 1. The first-order valence-corrected chi connectivity index (χ1v) is 9.02. The van der Waals surface area contributed by atoms with Crippen molar-refractivity contribution in [3.05, 3.63) is 65.2 Å².